The Hall–Kier alpha value is -3.25. The molecule has 3 aromatic carbocycles. The molecule has 1 aliphatic rings. The topological polar surface area (TPSA) is 44.4 Å². The first-order valence-corrected chi connectivity index (χ1v) is 14.3. The first-order chi connectivity index (χ1) is 18.9. The van der Waals surface area contributed by atoms with Gasteiger partial charge < -0.3 is 15.5 Å². The van der Waals surface area contributed by atoms with Gasteiger partial charge in [-0.05, 0) is 92.1 Å². The van der Waals surface area contributed by atoms with E-state index in [9.17, 15) is 13.6 Å². The number of carbonyl (C=O) groups is 1. The molecule has 0 fully saturated rings. The van der Waals surface area contributed by atoms with Crippen molar-refractivity contribution in [2.45, 2.75) is 65.8 Å². The Morgan fingerprint density at radius 3 is 2.41 bits per heavy atom. The van der Waals surface area contributed by atoms with E-state index in [-0.39, 0.29) is 5.91 Å². The molecule has 0 atom stereocenters. The number of unbranched alkanes of at least 4 members (excludes halogenated alkanes) is 1. The summed E-state index contributed by atoms with van der Waals surface area (Å²) in [4.78, 5) is 15.1. The average molecular weight is 536 g/mol. The van der Waals surface area contributed by atoms with Gasteiger partial charge in [0.1, 0.15) is 11.6 Å². The number of aryl methyl sites for hydroxylation is 3. The number of hydrogen-bond acceptors (Lipinski definition) is 3. The molecule has 39 heavy (non-hydrogen) atoms. The Bertz CT molecular complexity index is 1150. The van der Waals surface area contributed by atoms with Gasteiger partial charge in [-0.15, -0.1) is 0 Å². The number of benzene rings is 3. The first-order valence-electron chi connectivity index (χ1n) is 14.3. The van der Waals surface area contributed by atoms with Crippen LogP contribution in [-0.2, 0) is 19.4 Å². The molecule has 1 amide bonds. The lowest BCUT2D eigenvalue weighted by Crippen LogP contribution is -2.31. The van der Waals surface area contributed by atoms with Crippen LogP contribution in [0.25, 0.3) is 0 Å². The van der Waals surface area contributed by atoms with Crippen LogP contribution in [0.5, 0.6) is 0 Å². The average Bonchev–Trinajstić information content (AvgIpc) is 2.93. The van der Waals surface area contributed by atoms with E-state index in [1.807, 2.05) is 6.07 Å². The highest BCUT2D eigenvalue weighted by atomic mass is 19.1. The quantitative estimate of drug-likeness (QED) is 0.260. The highest BCUT2D eigenvalue weighted by molar-refractivity contribution is 5.95. The predicted molar refractivity (Wildman–Crippen MR) is 157 cm³/mol. The minimum atomic E-state index is -0.521. The van der Waals surface area contributed by atoms with Gasteiger partial charge in [-0.1, -0.05) is 50.6 Å². The largest absolute Gasteiger partial charge is 0.371 e. The molecule has 2 N–H and O–H groups in total. The lowest BCUT2D eigenvalue weighted by Gasteiger charge is -2.31. The fraction of sp³-hybridized carbons (Fsp3) is 0.424. The Labute approximate surface area is 232 Å². The van der Waals surface area contributed by atoms with Crippen molar-refractivity contribution in [3.05, 3.63) is 100 Å². The van der Waals surface area contributed by atoms with Gasteiger partial charge >= 0.3 is 0 Å². The van der Waals surface area contributed by atoms with Crippen molar-refractivity contribution in [3.8, 4) is 0 Å². The number of fused-ring (bicyclic) bond motifs is 1. The van der Waals surface area contributed by atoms with Gasteiger partial charge in [-0.2, -0.15) is 0 Å². The molecule has 0 radical (unpaired) electrons. The second-order valence-corrected chi connectivity index (χ2v) is 10.2. The molecule has 6 heteroatoms. The van der Waals surface area contributed by atoms with Gasteiger partial charge in [0.2, 0.25) is 0 Å². The lowest BCUT2D eigenvalue weighted by atomic mass is 9.99. The number of carbonyl (C=O) groups excluding carboxylic acids is 1. The zero-order valence-electron chi connectivity index (χ0n) is 23.7. The predicted octanol–water partition coefficient (Wildman–Crippen LogP) is 6.98. The zero-order chi connectivity index (χ0) is 28.0. The second kappa shape index (κ2) is 16.0. The molecule has 0 saturated carbocycles. The fourth-order valence-electron chi connectivity index (χ4n) is 4.77. The molecule has 0 aromatic heterocycles. The van der Waals surface area contributed by atoms with Crippen LogP contribution >= 0.6 is 0 Å². The summed E-state index contributed by atoms with van der Waals surface area (Å²) in [6, 6.07) is 18.4. The summed E-state index contributed by atoms with van der Waals surface area (Å²) in [6.45, 7) is 10.7. The molecule has 210 valence electrons. The summed E-state index contributed by atoms with van der Waals surface area (Å²) in [5.74, 6) is -1.01. The van der Waals surface area contributed by atoms with E-state index < -0.39 is 11.6 Å². The van der Waals surface area contributed by atoms with Crippen molar-refractivity contribution in [2.75, 3.05) is 31.1 Å². The Kier molecular flexibility index (Phi) is 12.4. The molecule has 1 heterocycles. The molecular formula is C33H43F2N3O. The minimum Gasteiger partial charge on any atom is -0.371 e. The summed E-state index contributed by atoms with van der Waals surface area (Å²) in [6.07, 6.45) is 6.71. The third kappa shape index (κ3) is 10.1. The smallest absolute Gasteiger partial charge is 0.251 e. The summed E-state index contributed by atoms with van der Waals surface area (Å²) in [7, 11) is 0. The van der Waals surface area contributed by atoms with Gasteiger partial charge in [0, 0.05) is 43.5 Å². The third-order valence-corrected chi connectivity index (χ3v) is 6.90. The van der Waals surface area contributed by atoms with Crippen molar-refractivity contribution < 1.29 is 13.6 Å². The van der Waals surface area contributed by atoms with Crippen LogP contribution in [0.2, 0.25) is 0 Å². The highest BCUT2D eigenvalue weighted by Crippen LogP contribution is 2.28. The lowest BCUT2D eigenvalue weighted by molar-refractivity contribution is 0.0953. The standard InChI is InChI=1S/C26H37N3O.C7H6F2/c1-3-5-16-29-17-7-11-23-12-13-24(19-25(23)29)26(30)28-15-8-14-27-20-22-10-6-9-21(4-2)18-22;1-5-2-6(8)4-7(9)3-5/h6,9-10,12-13,18-19,27H,3-5,7-8,11,14-17,20H2,1-2H3,(H,28,30);2-4H,1H3. The van der Waals surface area contributed by atoms with E-state index in [2.05, 4.69) is 65.8 Å². The van der Waals surface area contributed by atoms with E-state index in [1.165, 1.54) is 53.8 Å². The maximum Gasteiger partial charge on any atom is 0.251 e. The molecular weight excluding hydrogens is 492 g/mol. The molecule has 0 bridgehead atoms. The van der Waals surface area contributed by atoms with Crippen LogP contribution in [0.3, 0.4) is 0 Å². The summed E-state index contributed by atoms with van der Waals surface area (Å²) < 4.78 is 24.4. The molecule has 3 aromatic rings. The van der Waals surface area contributed by atoms with Gasteiger partial charge in [0.25, 0.3) is 5.91 Å². The Balaban J connectivity index is 0.000000395. The van der Waals surface area contributed by atoms with E-state index in [0.717, 1.165) is 57.1 Å². The van der Waals surface area contributed by atoms with Gasteiger partial charge in [0.15, 0.2) is 0 Å². The van der Waals surface area contributed by atoms with Crippen molar-refractivity contribution in [1.29, 1.82) is 0 Å². The first kappa shape index (κ1) is 30.3. The van der Waals surface area contributed by atoms with E-state index in [1.54, 1.807) is 6.92 Å². The van der Waals surface area contributed by atoms with Crippen molar-refractivity contribution in [1.82, 2.24) is 10.6 Å². The van der Waals surface area contributed by atoms with Crippen molar-refractivity contribution in [2.24, 2.45) is 0 Å². The van der Waals surface area contributed by atoms with Crippen LogP contribution in [0, 0.1) is 18.6 Å². The Morgan fingerprint density at radius 1 is 0.923 bits per heavy atom. The van der Waals surface area contributed by atoms with Crippen molar-refractivity contribution in [3.63, 3.8) is 0 Å². The highest BCUT2D eigenvalue weighted by Gasteiger charge is 2.18. The van der Waals surface area contributed by atoms with Gasteiger partial charge in [0.05, 0.1) is 0 Å². The number of nitrogens with zero attached hydrogens (tertiary/aromatic N) is 1. The number of nitrogens with one attached hydrogen (secondary N) is 2. The van der Waals surface area contributed by atoms with Crippen molar-refractivity contribution >= 4 is 11.6 Å². The summed E-state index contributed by atoms with van der Waals surface area (Å²) >= 11 is 0. The molecule has 0 unspecified atom stereocenters. The minimum absolute atomic E-state index is 0.0365. The SMILES string of the molecule is CCCCN1CCCc2ccc(C(=O)NCCCNCc3cccc(CC)c3)cc21.Cc1cc(F)cc(F)c1. The maximum atomic E-state index is 12.6. The van der Waals surface area contributed by atoms with Gasteiger partial charge in [-0.25, -0.2) is 8.78 Å². The van der Waals surface area contributed by atoms with Gasteiger partial charge in [-0.3, -0.25) is 4.79 Å². The zero-order valence-corrected chi connectivity index (χ0v) is 23.7. The fourth-order valence-corrected chi connectivity index (χ4v) is 4.77. The molecule has 4 nitrogen and oxygen atoms in total. The van der Waals surface area contributed by atoms with Crippen LogP contribution in [0.15, 0.2) is 60.7 Å². The van der Waals surface area contributed by atoms with Crippen LogP contribution in [0.1, 0.15) is 72.1 Å². The van der Waals surface area contributed by atoms with Crippen LogP contribution in [0.4, 0.5) is 14.5 Å². The summed E-state index contributed by atoms with van der Waals surface area (Å²) in [5, 5.41) is 6.56. The normalized spacial score (nSPS) is 12.4. The molecule has 4 rings (SSSR count). The summed E-state index contributed by atoms with van der Waals surface area (Å²) in [5.41, 5.74) is 6.72. The van der Waals surface area contributed by atoms with E-state index in [0.29, 0.717) is 12.1 Å². The molecule has 0 saturated heterocycles. The molecule has 0 aliphatic carbocycles. The third-order valence-electron chi connectivity index (χ3n) is 6.90. The number of hydrogen-bond donors (Lipinski definition) is 2. The monoisotopic (exact) mass is 535 g/mol. The van der Waals surface area contributed by atoms with E-state index in [4.69, 9.17) is 0 Å². The second-order valence-electron chi connectivity index (χ2n) is 10.2. The van der Waals surface area contributed by atoms with E-state index >= 15 is 0 Å². The molecule has 0 spiro atoms. The number of anilines is 1. The number of amides is 1. The maximum absolute atomic E-state index is 12.6. The van der Waals surface area contributed by atoms with Crippen LogP contribution in [-0.4, -0.2) is 32.1 Å². The van der Waals surface area contributed by atoms with Crippen LogP contribution < -0.4 is 15.5 Å². The number of rotatable bonds is 11. The Morgan fingerprint density at radius 2 is 1.69 bits per heavy atom. The molecule has 1 aliphatic heterocycles. The number of halogens is 2.